The number of nitrogens with one attached hydrogen (secondary N) is 2. The summed E-state index contributed by atoms with van der Waals surface area (Å²) in [6, 6.07) is 9.67. The highest BCUT2D eigenvalue weighted by Crippen LogP contribution is 2.14. The molecule has 0 amide bonds. The molecular weight excluding hydrogens is 198 g/mol. The van der Waals surface area contributed by atoms with Crippen molar-refractivity contribution in [3.05, 3.63) is 35.4 Å². The van der Waals surface area contributed by atoms with Crippen LogP contribution in [0.4, 0.5) is 0 Å². The van der Waals surface area contributed by atoms with Gasteiger partial charge in [0, 0.05) is 19.0 Å². The van der Waals surface area contributed by atoms with E-state index in [0.717, 1.165) is 18.7 Å². The highest BCUT2D eigenvalue weighted by Gasteiger charge is 2.18. The number of nitrogens with zero attached hydrogens (tertiary/aromatic N) is 1. The molecule has 0 bridgehead atoms. The molecule has 1 fully saturated rings. The molecule has 0 saturated carbocycles. The lowest BCUT2D eigenvalue weighted by Crippen LogP contribution is -2.46. The summed E-state index contributed by atoms with van der Waals surface area (Å²) in [7, 11) is 0. The van der Waals surface area contributed by atoms with Gasteiger partial charge in [-0.3, -0.25) is 10.6 Å². The standard InChI is InChI=1S/C13H13N3/c1-2-10-8-15-13(16-9-10)12-5-3-11(7-14)4-6-12/h1,3-6,10,13,15-16H,8-9H2. The Kier molecular flexibility index (Phi) is 3.22. The Morgan fingerprint density at radius 1 is 1.19 bits per heavy atom. The van der Waals surface area contributed by atoms with E-state index in [9.17, 15) is 0 Å². The third-order valence-electron chi connectivity index (χ3n) is 2.75. The van der Waals surface area contributed by atoms with E-state index in [2.05, 4.69) is 22.6 Å². The number of rotatable bonds is 1. The average molecular weight is 211 g/mol. The fourth-order valence-electron chi connectivity index (χ4n) is 1.77. The van der Waals surface area contributed by atoms with E-state index in [1.54, 1.807) is 0 Å². The topological polar surface area (TPSA) is 47.9 Å². The molecule has 3 nitrogen and oxygen atoms in total. The van der Waals surface area contributed by atoms with Gasteiger partial charge in [0.1, 0.15) is 0 Å². The summed E-state index contributed by atoms with van der Waals surface area (Å²) in [4.78, 5) is 0. The van der Waals surface area contributed by atoms with Crippen LogP contribution in [-0.2, 0) is 0 Å². The van der Waals surface area contributed by atoms with Crippen LogP contribution < -0.4 is 10.6 Å². The van der Waals surface area contributed by atoms with Crippen molar-refractivity contribution in [1.82, 2.24) is 10.6 Å². The van der Waals surface area contributed by atoms with Crippen molar-refractivity contribution in [2.45, 2.75) is 6.17 Å². The molecule has 80 valence electrons. The van der Waals surface area contributed by atoms with Gasteiger partial charge in [0.25, 0.3) is 0 Å². The second kappa shape index (κ2) is 4.81. The number of benzene rings is 1. The Morgan fingerprint density at radius 3 is 2.31 bits per heavy atom. The zero-order chi connectivity index (χ0) is 11.4. The molecular formula is C13H13N3. The second-order valence-corrected chi connectivity index (χ2v) is 3.85. The smallest absolute Gasteiger partial charge is 0.0991 e. The minimum absolute atomic E-state index is 0.136. The molecule has 1 aliphatic heterocycles. The first-order valence-electron chi connectivity index (χ1n) is 5.26. The van der Waals surface area contributed by atoms with Crippen molar-refractivity contribution < 1.29 is 0 Å². The van der Waals surface area contributed by atoms with E-state index in [1.165, 1.54) is 0 Å². The summed E-state index contributed by atoms with van der Waals surface area (Å²) >= 11 is 0. The summed E-state index contributed by atoms with van der Waals surface area (Å²) in [5.41, 5.74) is 1.82. The van der Waals surface area contributed by atoms with Crippen molar-refractivity contribution >= 4 is 0 Å². The van der Waals surface area contributed by atoms with Crippen LogP contribution in [0.1, 0.15) is 17.3 Å². The molecule has 2 N–H and O–H groups in total. The predicted octanol–water partition coefficient (Wildman–Crippen LogP) is 0.999. The van der Waals surface area contributed by atoms with Gasteiger partial charge in [-0.05, 0) is 17.7 Å². The van der Waals surface area contributed by atoms with Crippen LogP contribution >= 0.6 is 0 Å². The fraction of sp³-hybridized carbons (Fsp3) is 0.308. The molecule has 0 aromatic heterocycles. The monoisotopic (exact) mass is 211 g/mol. The summed E-state index contributed by atoms with van der Waals surface area (Å²) in [6.45, 7) is 1.66. The lowest BCUT2D eigenvalue weighted by molar-refractivity contribution is 0.340. The van der Waals surface area contributed by atoms with E-state index in [1.807, 2.05) is 24.3 Å². The first kappa shape index (κ1) is 10.7. The summed E-state index contributed by atoms with van der Waals surface area (Å²) in [6.07, 6.45) is 5.50. The quantitative estimate of drug-likeness (QED) is 0.681. The Hall–Kier alpha value is -1.81. The van der Waals surface area contributed by atoms with Gasteiger partial charge in [-0.15, -0.1) is 12.3 Å². The van der Waals surface area contributed by atoms with Crippen LogP contribution in [0.15, 0.2) is 24.3 Å². The van der Waals surface area contributed by atoms with Crippen molar-refractivity contribution in [1.29, 1.82) is 5.26 Å². The number of nitriles is 1. The highest BCUT2D eigenvalue weighted by atomic mass is 15.1. The largest absolute Gasteiger partial charge is 0.297 e. The Balaban J connectivity index is 2.04. The SMILES string of the molecule is C#CC1CNC(c2ccc(C#N)cc2)NC1. The molecule has 0 radical (unpaired) electrons. The summed E-state index contributed by atoms with van der Waals surface area (Å²) < 4.78 is 0. The van der Waals surface area contributed by atoms with E-state index in [4.69, 9.17) is 11.7 Å². The Labute approximate surface area is 95.5 Å². The number of terminal acetylenes is 1. The molecule has 1 heterocycles. The lowest BCUT2D eigenvalue weighted by Gasteiger charge is -2.29. The van der Waals surface area contributed by atoms with Gasteiger partial charge < -0.3 is 0 Å². The molecule has 1 saturated heterocycles. The molecule has 1 aromatic rings. The second-order valence-electron chi connectivity index (χ2n) is 3.85. The van der Waals surface area contributed by atoms with E-state index in [-0.39, 0.29) is 12.1 Å². The molecule has 1 aliphatic rings. The van der Waals surface area contributed by atoms with Gasteiger partial charge >= 0.3 is 0 Å². The molecule has 1 aromatic carbocycles. The zero-order valence-electron chi connectivity index (χ0n) is 8.90. The highest BCUT2D eigenvalue weighted by molar-refractivity contribution is 5.32. The molecule has 2 rings (SSSR count). The zero-order valence-corrected chi connectivity index (χ0v) is 8.90. The summed E-state index contributed by atoms with van der Waals surface area (Å²) in [5.74, 6) is 2.99. The molecule has 0 atom stereocenters. The Morgan fingerprint density at radius 2 is 1.81 bits per heavy atom. The molecule has 0 unspecified atom stereocenters. The Bertz CT molecular complexity index is 428. The number of hydrogen-bond acceptors (Lipinski definition) is 3. The third kappa shape index (κ3) is 2.23. The van der Waals surface area contributed by atoms with Gasteiger partial charge in [0.05, 0.1) is 17.8 Å². The maximum atomic E-state index is 8.70. The van der Waals surface area contributed by atoms with Crippen molar-refractivity contribution in [2.24, 2.45) is 5.92 Å². The van der Waals surface area contributed by atoms with E-state index < -0.39 is 0 Å². The van der Waals surface area contributed by atoms with Crippen molar-refractivity contribution in [3.63, 3.8) is 0 Å². The maximum absolute atomic E-state index is 8.70. The first-order chi connectivity index (χ1) is 7.83. The molecule has 3 heteroatoms. The molecule has 0 aliphatic carbocycles. The first-order valence-corrected chi connectivity index (χ1v) is 5.26. The average Bonchev–Trinajstić information content (AvgIpc) is 2.39. The van der Waals surface area contributed by atoms with Gasteiger partial charge in [0.2, 0.25) is 0 Å². The van der Waals surface area contributed by atoms with Crippen LogP contribution in [0.3, 0.4) is 0 Å². The normalized spacial score (nSPS) is 24.4. The van der Waals surface area contributed by atoms with Crippen LogP contribution in [0.2, 0.25) is 0 Å². The predicted molar refractivity (Wildman–Crippen MR) is 62.2 cm³/mol. The third-order valence-corrected chi connectivity index (χ3v) is 2.75. The van der Waals surface area contributed by atoms with Gasteiger partial charge in [0.15, 0.2) is 0 Å². The van der Waals surface area contributed by atoms with Crippen LogP contribution in [-0.4, -0.2) is 13.1 Å². The lowest BCUT2D eigenvalue weighted by atomic mass is 10.0. The van der Waals surface area contributed by atoms with Gasteiger partial charge in [-0.2, -0.15) is 5.26 Å². The van der Waals surface area contributed by atoms with Crippen molar-refractivity contribution in [3.8, 4) is 18.4 Å². The van der Waals surface area contributed by atoms with Crippen LogP contribution in [0, 0.1) is 29.6 Å². The maximum Gasteiger partial charge on any atom is 0.0991 e. The van der Waals surface area contributed by atoms with Crippen LogP contribution in [0.25, 0.3) is 0 Å². The fourth-order valence-corrected chi connectivity index (χ4v) is 1.77. The van der Waals surface area contributed by atoms with Gasteiger partial charge in [-0.1, -0.05) is 12.1 Å². The molecule has 0 spiro atoms. The van der Waals surface area contributed by atoms with E-state index in [0.29, 0.717) is 5.56 Å². The number of hydrogen-bond donors (Lipinski definition) is 2. The van der Waals surface area contributed by atoms with Crippen molar-refractivity contribution in [2.75, 3.05) is 13.1 Å². The minimum atomic E-state index is 0.136. The van der Waals surface area contributed by atoms with Crippen LogP contribution in [0.5, 0.6) is 0 Å². The van der Waals surface area contributed by atoms with E-state index >= 15 is 0 Å². The minimum Gasteiger partial charge on any atom is -0.297 e. The summed E-state index contributed by atoms with van der Waals surface area (Å²) in [5, 5.41) is 15.4. The molecule has 16 heavy (non-hydrogen) atoms. The van der Waals surface area contributed by atoms with Gasteiger partial charge in [-0.25, -0.2) is 0 Å².